The van der Waals surface area contributed by atoms with E-state index in [1.165, 1.54) is 17.0 Å². The highest BCUT2D eigenvalue weighted by Gasteiger charge is 2.39. The fourth-order valence-electron chi connectivity index (χ4n) is 3.80. The van der Waals surface area contributed by atoms with Crippen molar-refractivity contribution in [3.8, 4) is 0 Å². The monoisotopic (exact) mass is 399 g/mol. The molecule has 1 aliphatic rings. The molecule has 1 atom stereocenters. The number of fused-ring (bicyclic) bond motifs is 1. The molecule has 7 heteroatoms. The van der Waals surface area contributed by atoms with Gasteiger partial charge >= 0.3 is 6.18 Å². The number of amides is 1. The second-order valence-corrected chi connectivity index (χ2v) is 7.44. The van der Waals surface area contributed by atoms with Gasteiger partial charge in [0.05, 0.1) is 17.8 Å². The van der Waals surface area contributed by atoms with Crippen LogP contribution in [0.1, 0.15) is 51.1 Å². The number of rotatable bonds is 4. The van der Waals surface area contributed by atoms with Crippen molar-refractivity contribution < 1.29 is 18.0 Å². The quantitative estimate of drug-likeness (QED) is 0.652. The molecule has 1 N–H and O–H groups in total. The van der Waals surface area contributed by atoms with Crippen LogP contribution in [0.25, 0.3) is 0 Å². The minimum atomic E-state index is -4.49. The van der Waals surface area contributed by atoms with Gasteiger partial charge in [-0.15, -0.1) is 0 Å². The summed E-state index contributed by atoms with van der Waals surface area (Å²) in [5.74, 6) is -0.262. The van der Waals surface area contributed by atoms with Gasteiger partial charge in [-0.25, -0.2) is 0 Å². The number of benzene rings is 2. The number of aromatic amines is 1. The molecule has 1 aliphatic heterocycles. The number of aromatic nitrogens is 2. The molecule has 0 saturated heterocycles. The van der Waals surface area contributed by atoms with Crippen LogP contribution >= 0.6 is 0 Å². The Morgan fingerprint density at radius 3 is 2.66 bits per heavy atom. The van der Waals surface area contributed by atoms with E-state index in [2.05, 4.69) is 17.1 Å². The Balaban J connectivity index is 1.62. The Morgan fingerprint density at radius 1 is 1.21 bits per heavy atom. The molecule has 4 rings (SSSR count). The first kappa shape index (κ1) is 19.2. The zero-order chi connectivity index (χ0) is 20.8. The summed E-state index contributed by atoms with van der Waals surface area (Å²) in [5, 5.41) is 7.11. The average molecular weight is 399 g/mol. The third-order valence-corrected chi connectivity index (χ3v) is 5.46. The first-order chi connectivity index (χ1) is 13.8. The maximum absolute atomic E-state index is 13.3. The predicted molar refractivity (Wildman–Crippen MR) is 104 cm³/mol. The first-order valence-corrected chi connectivity index (χ1v) is 9.36. The van der Waals surface area contributed by atoms with Gasteiger partial charge in [0.2, 0.25) is 0 Å². The lowest BCUT2D eigenvalue weighted by molar-refractivity contribution is -0.138. The van der Waals surface area contributed by atoms with Crippen molar-refractivity contribution >= 4 is 11.6 Å². The molecule has 4 nitrogen and oxygen atoms in total. The third kappa shape index (κ3) is 3.52. The number of nitrogens with zero attached hydrogens (tertiary/aromatic N) is 2. The van der Waals surface area contributed by atoms with Crippen LogP contribution in [0.2, 0.25) is 0 Å². The van der Waals surface area contributed by atoms with Crippen LogP contribution in [0, 0.1) is 6.92 Å². The van der Waals surface area contributed by atoms with E-state index < -0.39 is 17.6 Å². The minimum Gasteiger partial charge on any atom is -0.304 e. The van der Waals surface area contributed by atoms with Gasteiger partial charge in [0.1, 0.15) is 0 Å². The van der Waals surface area contributed by atoms with E-state index in [9.17, 15) is 18.0 Å². The fourth-order valence-corrected chi connectivity index (χ4v) is 3.80. The van der Waals surface area contributed by atoms with Crippen LogP contribution in [0.3, 0.4) is 0 Å². The lowest BCUT2D eigenvalue weighted by atomic mass is 9.94. The van der Waals surface area contributed by atoms with Crippen molar-refractivity contribution in [2.45, 2.75) is 38.9 Å². The summed E-state index contributed by atoms with van der Waals surface area (Å²) in [7, 11) is 0. The number of carbonyl (C=O) groups is 1. The summed E-state index contributed by atoms with van der Waals surface area (Å²) >= 11 is 0. The van der Waals surface area contributed by atoms with Crippen LogP contribution < -0.4 is 4.90 Å². The number of halogens is 3. The number of carbonyl (C=O) groups excluding carboxylic acids is 1. The molecule has 3 aromatic rings. The standard InChI is InChI=1S/C22H20F3N3O/c1-13(9-20-14(2)11-26-27-20)15-5-3-6-16(10-15)28-12-18-17(21(28)29)7-4-8-19(18)22(23,24)25/h3-8,10-11,13H,9,12H2,1-2H3,(H,26,27). The van der Waals surface area contributed by atoms with Crippen LogP contribution in [-0.2, 0) is 19.1 Å². The number of nitrogens with one attached hydrogen (secondary N) is 1. The summed E-state index contributed by atoms with van der Waals surface area (Å²) in [4.78, 5) is 14.2. The molecule has 0 aliphatic carbocycles. The van der Waals surface area contributed by atoms with E-state index in [1.54, 1.807) is 6.07 Å². The molecule has 0 radical (unpaired) electrons. The molecule has 0 bridgehead atoms. The average Bonchev–Trinajstić information content (AvgIpc) is 3.24. The van der Waals surface area contributed by atoms with Gasteiger partial charge in [0, 0.05) is 17.4 Å². The van der Waals surface area contributed by atoms with Crippen LogP contribution in [0.4, 0.5) is 18.9 Å². The van der Waals surface area contributed by atoms with Crippen molar-refractivity contribution in [1.82, 2.24) is 10.2 Å². The maximum atomic E-state index is 13.3. The topological polar surface area (TPSA) is 49.0 Å². The second kappa shape index (κ2) is 7.06. The van der Waals surface area contributed by atoms with Gasteiger partial charge in [-0.05, 0) is 60.2 Å². The molecule has 2 heterocycles. The van der Waals surface area contributed by atoms with E-state index in [-0.39, 0.29) is 23.6 Å². The number of H-pyrrole nitrogens is 1. The smallest absolute Gasteiger partial charge is 0.304 e. The minimum absolute atomic E-state index is 0.0376. The third-order valence-electron chi connectivity index (χ3n) is 5.46. The van der Waals surface area contributed by atoms with E-state index in [1.807, 2.05) is 31.3 Å². The Morgan fingerprint density at radius 2 is 1.97 bits per heavy atom. The zero-order valence-electron chi connectivity index (χ0n) is 16.0. The lowest BCUT2D eigenvalue weighted by Crippen LogP contribution is -2.23. The van der Waals surface area contributed by atoms with E-state index in [0.29, 0.717) is 5.69 Å². The van der Waals surface area contributed by atoms with Crippen molar-refractivity contribution in [3.05, 3.63) is 82.2 Å². The number of hydrogen-bond donors (Lipinski definition) is 1. The van der Waals surface area contributed by atoms with Crippen molar-refractivity contribution in [2.24, 2.45) is 0 Å². The number of alkyl halides is 3. The van der Waals surface area contributed by atoms with Crippen LogP contribution in [0.15, 0.2) is 48.7 Å². The molecule has 2 aromatic carbocycles. The summed E-state index contributed by atoms with van der Waals surface area (Å²) in [6.45, 7) is 3.97. The highest BCUT2D eigenvalue weighted by atomic mass is 19.4. The molecule has 0 saturated carbocycles. The molecule has 1 aromatic heterocycles. The molecule has 150 valence electrons. The second-order valence-electron chi connectivity index (χ2n) is 7.44. The molecule has 0 fully saturated rings. The summed E-state index contributed by atoms with van der Waals surface area (Å²) in [6.07, 6.45) is -1.92. The van der Waals surface area contributed by atoms with E-state index in [0.717, 1.165) is 29.3 Å². The Kier molecular flexibility index (Phi) is 4.68. The molecular formula is C22H20F3N3O. The fraction of sp³-hybridized carbons (Fsp3) is 0.273. The number of anilines is 1. The maximum Gasteiger partial charge on any atom is 0.416 e. The molecular weight excluding hydrogens is 379 g/mol. The highest BCUT2D eigenvalue weighted by molar-refractivity contribution is 6.10. The van der Waals surface area contributed by atoms with Crippen molar-refractivity contribution in [1.29, 1.82) is 0 Å². The first-order valence-electron chi connectivity index (χ1n) is 9.36. The highest BCUT2D eigenvalue weighted by Crippen LogP contribution is 2.38. The van der Waals surface area contributed by atoms with Gasteiger partial charge in [0.25, 0.3) is 5.91 Å². The SMILES string of the molecule is Cc1c[nH]nc1CC(C)c1cccc(N2Cc3c(cccc3C(F)(F)F)C2=O)c1. The molecule has 1 amide bonds. The van der Waals surface area contributed by atoms with Crippen LogP contribution in [-0.4, -0.2) is 16.1 Å². The van der Waals surface area contributed by atoms with Gasteiger partial charge < -0.3 is 4.90 Å². The van der Waals surface area contributed by atoms with Gasteiger partial charge in [-0.3, -0.25) is 9.89 Å². The van der Waals surface area contributed by atoms with E-state index >= 15 is 0 Å². The predicted octanol–water partition coefficient (Wildman–Crippen LogP) is 5.24. The number of hydrogen-bond acceptors (Lipinski definition) is 2. The van der Waals surface area contributed by atoms with Crippen molar-refractivity contribution in [2.75, 3.05) is 4.90 Å². The van der Waals surface area contributed by atoms with Gasteiger partial charge in [-0.2, -0.15) is 18.3 Å². The molecule has 1 unspecified atom stereocenters. The number of aryl methyl sites for hydroxylation is 1. The largest absolute Gasteiger partial charge is 0.416 e. The Labute approximate surface area is 166 Å². The normalized spacial score (nSPS) is 14.9. The van der Waals surface area contributed by atoms with Gasteiger partial charge in [0.15, 0.2) is 0 Å². The summed E-state index contributed by atoms with van der Waals surface area (Å²) in [6, 6.07) is 11.2. The summed E-state index contributed by atoms with van der Waals surface area (Å²) < 4.78 is 40.0. The summed E-state index contributed by atoms with van der Waals surface area (Å²) in [5.41, 5.74) is 3.07. The Bertz CT molecular complexity index is 1070. The van der Waals surface area contributed by atoms with Crippen LogP contribution in [0.5, 0.6) is 0 Å². The lowest BCUT2D eigenvalue weighted by Gasteiger charge is -2.19. The zero-order valence-corrected chi connectivity index (χ0v) is 16.0. The van der Waals surface area contributed by atoms with Gasteiger partial charge in [-0.1, -0.05) is 25.1 Å². The van der Waals surface area contributed by atoms with Crippen molar-refractivity contribution in [3.63, 3.8) is 0 Å². The Hall–Kier alpha value is -3.09. The molecule has 0 spiro atoms. The van der Waals surface area contributed by atoms with E-state index in [4.69, 9.17) is 0 Å². The molecule has 29 heavy (non-hydrogen) atoms.